The number of aliphatic hydroxyl groups is 1. The summed E-state index contributed by atoms with van der Waals surface area (Å²) in [6, 6.07) is 12.2. The van der Waals surface area contributed by atoms with Crippen LogP contribution in [-0.4, -0.2) is 57.9 Å². The molecule has 32 heavy (non-hydrogen) atoms. The molecule has 8 nitrogen and oxygen atoms in total. The van der Waals surface area contributed by atoms with E-state index in [1.807, 2.05) is 56.3 Å². The Labute approximate surface area is 192 Å². The Bertz CT molecular complexity index is 945. The molecule has 2 aromatic rings. The molecule has 0 spiro atoms. The zero-order valence-electron chi connectivity index (χ0n) is 19.1. The van der Waals surface area contributed by atoms with E-state index >= 15 is 0 Å². The summed E-state index contributed by atoms with van der Waals surface area (Å²) < 4.78 is 7.73. The minimum atomic E-state index is -0.990. The Morgan fingerprint density at radius 2 is 1.84 bits per heavy atom. The van der Waals surface area contributed by atoms with Gasteiger partial charge in [-0.1, -0.05) is 36.4 Å². The molecule has 0 aliphatic carbocycles. The van der Waals surface area contributed by atoms with Crippen LogP contribution in [0.1, 0.15) is 34.6 Å². The fourth-order valence-corrected chi connectivity index (χ4v) is 3.85. The van der Waals surface area contributed by atoms with Gasteiger partial charge in [0.15, 0.2) is 0 Å². The number of nitrogens with zero attached hydrogens (tertiary/aromatic N) is 2. The molecule has 174 valence electrons. The molecule has 0 saturated heterocycles. The van der Waals surface area contributed by atoms with Crippen LogP contribution in [-0.2, 0) is 9.59 Å². The van der Waals surface area contributed by atoms with Gasteiger partial charge >= 0.3 is 0 Å². The van der Waals surface area contributed by atoms with Gasteiger partial charge in [0.25, 0.3) is 0 Å². The molecule has 2 rings (SSSR count). The van der Waals surface area contributed by atoms with E-state index in [1.54, 1.807) is 13.8 Å². The smallest absolute Gasteiger partial charge is 0.246 e. The lowest BCUT2D eigenvalue weighted by molar-refractivity contribution is -0.140. The summed E-state index contributed by atoms with van der Waals surface area (Å²) in [6.07, 6.45) is -0.960. The third kappa shape index (κ3) is 6.67. The van der Waals surface area contributed by atoms with Gasteiger partial charge in [-0.25, -0.2) is 0 Å². The third-order valence-electron chi connectivity index (χ3n) is 5.06. The molecule has 2 atom stereocenters. The Balaban J connectivity index is 2.14. The Morgan fingerprint density at radius 1 is 1.19 bits per heavy atom. The van der Waals surface area contributed by atoms with Gasteiger partial charge in [-0.05, 0) is 39.1 Å². The highest BCUT2D eigenvalue weighted by molar-refractivity contribution is 7.99. The number of hydrogen-bond donors (Lipinski definition) is 2. The van der Waals surface area contributed by atoms with Gasteiger partial charge in [0.1, 0.15) is 24.5 Å². The molecule has 2 N–H and O–H groups in total. The molecule has 0 aliphatic heterocycles. The number of nitrogens with one attached hydrogen (secondary N) is 1. The number of rotatable bonds is 11. The van der Waals surface area contributed by atoms with Crippen LogP contribution in [0.25, 0.3) is 10.8 Å². The second-order valence-electron chi connectivity index (χ2n) is 8.43. The number of hydrogen-bond acceptors (Lipinski definition) is 7. The van der Waals surface area contributed by atoms with Crippen LogP contribution >= 0.6 is 11.9 Å². The second kappa shape index (κ2) is 11.3. The van der Waals surface area contributed by atoms with E-state index < -0.39 is 28.7 Å². The molecule has 2 aromatic carbocycles. The molecule has 9 heteroatoms. The number of carbonyl (C=O) groups is 2. The Morgan fingerprint density at radius 3 is 2.47 bits per heavy atom. The van der Waals surface area contributed by atoms with Crippen molar-refractivity contribution in [1.29, 1.82) is 0 Å². The molecular formula is C23H31N3O5S. The van der Waals surface area contributed by atoms with Crippen molar-refractivity contribution in [1.82, 2.24) is 10.2 Å². The van der Waals surface area contributed by atoms with Gasteiger partial charge in [0, 0.05) is 34.9 Å². The van der Waals surface area contributed by atoms with Crippen LogP contribution in [0.15, 0.2) is 47.0 Å². The molecule has 1 unspecified atom stereocenters. The third-order valence-corrected chi connectivity index (χ3v) is 5.84. The number of carbonyl (C=O) groups excluding carboxylic acids is 2. The van der Waals surface area contributed by atoms with Crippen molar-refractivity contribution in [3.8, 4) is 5.75 Å². The van der Waals surface area contributed by atoms with Crippen molar-refractivity contribution in [2.24, 2.45) is 4.58 Å². The molecule has 0 bridgehead atoms. The lowest BCUT2D eigenvalue weighted by Crippen LogP contribution is -2.59. The lowest BCUT2D eigenvalue weighted by Gasteiger charge is -2.37. The molecule has 0 aromatic heterocycles. The molecule has 0 fully saturated rings. The molecule has 0 heterocycles. The average Bonchev–Trinajstić information content (AvgIpc) is 2.73. The number of amides is 2. The predicted molar refractivity (Wildman–Crippen MR) is 127 cm³/mol. The van der Waals surface area contributed by atoms with Gasteiger partial charge in [0.2, 0.25) is 11.8 Å². The van der Waals surface area contributed by atoms with Gasteiger partial charge in [-0.15, -0.1) is 4.91 Å². The topological polar surface area (TPSA) is 108 Å². The number of nitroso groups, excluding NO2 is 1. The zero-order chi connectivity index (χ0) is 23.9. The number of aliphatic hydroxyl groups excluding tert-OH is 1. The summed E-state index contributed by atoms with van der Waals surface area (Å²) in [7, 11) is 0. The van der Waals surface area contributed by atoms with Crippen molar-refractivity contribution in [2.75, 3.05) is 13.2 Å². The first-order valence-corrected chi connectivity index (χ1v) is 11.2. The van der Waals surface area contributed by atoms with E-state index in [0.717, 1.165) is 10.8 Å². The first-order chi connectivity index (χ1) is 15.1. The standard InChI is InChI=1S/C23H31N3O5S/c1-15(2)26(22(29)21(24-16(3)27)23(4,5)32-25-30)13-18(28)14-31-20-12-8-10-17-9-6-7-11-19(17)20/h6-12,15,18,21,28H,13-14H2,1-5H3,(H,24,27)/t18?,21-/m0/s1. The van der Waals surface area contributed by atoms with E-state index in [2.05, 4.69) is 9.90 Å². The number of fused-ring (bicyclic) bond motifs is 1. The monoisotopic (exact) mass is 461 g/mol. The summed E-state index contributed by atoms with van der Waals surface area (Å²) in [5.41, 5.74) is 0. The highest BCUT2D eigenvalue weighted by atomic mass is 32.2. The zero-order valence-corrected chi connectivity index (χ0v) is 19.9. The van der Waals surface area contributed by atoms with Crippen LogP contribution in [0, 0.1) is 4.91 Å². The maximum Gasteiger partial charge on any atom is 0.246 e. The van der Waals surface area contributed by atoms with Crippen LogP contribution in [0.2, 0.25) is 0 Å². The van der Waals surface area contributed by atoms with E-state index in [1.165, 1.54) is 11.8 Å². The second-order valence-corrected chi connectivity index (χ2v) is 9.81. The van der Waals surface area contributed by atoms with E-state index in [9.17, 15) is 19.6 Å². The van der Waals surface area contributed by atoms with Crippen LogP contribution < -0.4 is 10.1 Å². The molecule has 0 radical (unpaired) electrons. The summed E-state index contributed by atoms with van der Waals surface area (Å²) in [5, 5.41) is 15.2. The maximum absolute atomic E-state index is 13.3. The van der Waals surface area contributed by atoms with Crippen LogP contribution in [0.3, 0.4) is 0 Å². The summed E-state index contributed by atoms with van der Waals surface area (Å²) in [5.74, 6) is -0.151. The Kier molecular flexibility index (Phi) is 9.03. The summed E-state index contributed by atoms with van der Waals surface area (Å²) in [6.45, 7) is 8.27. The van der Waals surface area contributed by atoms with Crippen molar-refractivity contribution in [3.05, 3.63) is 47.4 Å². The first-order valence-electron chi connectivity index (χ1n) is 10.4. The highest BCUT2D eigenvalue weighted by Crippen LogP contribution is 2.30. The predicted octanol–water partition coefficient (Wildman–Crippen LogP) is 3.51. The fraction of sp³-hybridized carbons (Fsp3) is 0.478. The Hall–Kier alpha value is -2.65. The van der Waals surface area contributed by atoms with E-state index in [0.29, 0.717) is 17.7 Å². The van der Waals surface area contributed by atoms with E-state index in [-0.39, 0.29) is 19.2 Å². The quantitative estimate of drug-likeness (QED) is 0.392. The van der Waals surface area contributed by atoms with Crippen molar-refractivity contribution >= 4 is 34.5 Å². The molecule has 0 aliphatic rings. The first kappa shape index (κ1) is 25.6. The number of ether oxygens (including phenoxy) is 1. The van der Waals surface area contributed by atoms with Crippen molar-refractivity contribution in [3.63, 3.8) is 0 Å². The van der Waals surface area contributed by atoms with Gasteiger partial charge in [0.05, 0.1) is 11.3 Å². The molecule has 0 saturated carbocycles. The van der Waals surface area contributed by atoms with Gasteiger partial charge < -0.3 is 20.1 Å². The minimum absolute atomic E-state index is 0.00656. The summed E-state index contributed by atoms with van der Waals surface area (Å²) in [4.78, 5) is 37.4. The van der Waals surface area contributed by atoms with E-state index in [4.69, 9.17) is 4.74 Å². The van der Waals surface area contributed by atoms with Gasteiger partial charge in [-0.3, -0.25) is 9.59 Å². The largest absolute Gasteiger partial charge is 0.490 e. The van der Waals surface area contributed by atoms with Crippen molar-refractivity contribution < 1.29 is 19.4 Å². The van der Waals surface area contributed by atoms with Crippen LogP contribution in [0.4, 0.5) is 0 Å². The minimum Gasteiger partial charge on any atom is -0.490 e. The number of benzene rings is 2. The SMILES string of the molecule is CC(=O)N[C@@H](C(=O)N(CC(O)COc1cccc2ccccc12)C(C)C)C(C)(C)SN=O. The highest BCUT2D eigenvalue weighted by Gasteiger charge is 2.41. The lowest BCUT2D eigenvalue weighted by atomic mass is 10.0. The molecular weight excluding hydrogens is 430 g/mol. The summed E-state index contributed by atoms with van der Waals surface area (Å²) >= 11 is 0.689. The van der Waals surface area contributed by atoms with Gasteiger partial charge in [-0.2, -0.15) is 0 Å². The fourth-order valence-electron chi connectivity index (χ4n) is 3.39. The normalized spacial score (nSPS) is 13.5. The van der Waals surface area contributed by atoms with Crippen molar-refractivity contribution in [2.45, 2.75) is 57.6 Å². The molecule has 2 amide bonds. The van der Waals surface area contributed by atoms with Crippen LogP contribution in [0.5, 0.6) is 5.75 Å². The average molecular weight is 462 g/mol. The maximum atomic E-state index is 13.3.